The van der Waals surface area contributed by atoms with Gasteiger partial charge in [0.15, 0.2) is 0 Å². The van der Waals surface area contributed by atoms with Crippen molar-refractivity contribution in [2.24, 2.45) is 0 Å². The Morgan fingerprint density at radius 3 is 2.54 bits per heavy atom. The number of urea groups is 1. The van der Waals surface area contributed by atoms with Gasteiger partial charge in [0, 0.05) is 50.8 Å². The third kappa shape index (κ3) is 4.32. The number of aromatic nitrogens is 1. The molecule has 1 N–H and O–H groups in total. The molecular formula is C19H24N4O. The zero-order valence-corrected chi connectivity index (χ0v) is 14.1. The van der Waals surface area contributed by atoms with Gasteiger partial charge in [-0.15, -0.1) is 0 Å². The zero-order chi connectivity index (χ0) is 16.8. The minimum atomic E-state index is -0.00758. The van der Waals surface area contributed by atoms with Crippen molar-refractivity contribution in [2.45, 2.75) is 19.9 Å². The Bertz CT molecular complexity index is 666. The minimum absolute atomic E-state index is 0.00758. The second-order valence-electron chi connectivity index (χ2n) is 6.10. The Hall–Kier alpha value is -2.40. The molecule has 0 spiro atoms. The lowest BCUT2D eigenvalue weighted by Gasteiger charge is -2.34. The summed E-state index contributed by atoms with van der Waals surface area (Å²) in [4.78, 5) is 20.7. The third-order valence-electron chi connectivity index (χ3n) is 4.40. The first kappa shape index (κ1) is 16.5. The summed E-state index contributed by atoms with van der Waals surface area (Å²) in [6, 6.07) is 12.1. The summed E-state index contributed by atoms with van der Waals surface area (Å²) in [5, 5.41) is 3.01. The number of aryl methyl sites for hydroxylation is 1. The van der Waals surface area contributed by atoms with Gasteiger partial charge >= 0.3 is 6.03 Å². The highest BCUT2D eigenvalue weighted by molar-refractivity contribution is 5.89. The fraction of sp³-hybridized carbons (Fsp3) is 0.368. The lowest BCUT2D eigenvalue weighted by molar-refractivity contribution is 0.143. The molecular weight excluding hydrogens is 300 g/mol. The number of nitrogens with zero attached hydrogens (tertiary/aromatic N) is 3. The van der Waals surface area contributed by atoms with Crippen LogP contribution in [0.3, 0.4) is 0 Å². The first-order valence-electron chi connectivity index (χ1n) is 8.50. The molecule has 1 saturated heterocycles. The topological polar surface area (TPSA) is 48.5 Å². The van der Waals surface area contributed by atoms with E-state index < -0.39 is 0 Å². The molecule has 2 aromatic rings. The molecule has 5 nitrogen and oxygen atoms in total. The number of carbonyl (C=O) groups excluding carboxylic acids is 1. The highest BCUT2D eigenvalue weighted by atomic mass is 16.2. The van der Waals surface area contributed by atoms with Crippen molar-refractivity contribution >= 4 is 11.7 Å². The van der Waals surface area contributed by atoms with Gasteiger partial charge in [-0.05, 0) is 41.8 Å². The van der Waals surface area contributed by atoms with E-state index in [0.29, 0.717) is 0 Å². The largest absolute Gasteiger partial charge is 0.322 e. The summed E-state index contributed by atoms with van der Waals surface area (Å²) in [5.41, 5.74) is 3.37. The maximum atomic E-state index is 12.4. The Morgan fingerprint density at radius 1 is 1.08 bits per heavy atom. The molecule has 1 fully saturated rings. The number of nitrogens with one attached hydrogen (secondary N) is 1. The highest BCUT2D eigenvalue weighted by Crippen LogP contribution is 2.13. The summed E-state index contributed by atoms with van der Waals surface area (Å²) < 4.78 is 0. The van der Waals surface area contributed by atoms with Gasteiger partial charge in [-0.3, -0.25) is 9.88 Å². The molecule has 0 bridgehead atoms. The summed E-state index contributed by atoms with van der Waals surface area (Å²) in [6.45, 7) is 6.32. The van der Waals surface area contributed by atoms with Crippen LogP contribution in [0.1, 0.15) is 18.1 Å². The van der Waals surface area contributed by atoms with Crippen molar-refractivity contribution in [3.8, 4) is 0 Å². The molecule has 24 heavy (non-hydrogen) atoms. The van der Waals surface area contributed by atoms with Crippen LogP contribution in [0.15, 0.2) is 48.8 Å². The smallest absolute Gasteiger partial charge is 0.321 e. The molecule has 0 unspecified atom stereocenters. The lowest BCUT2D eigenvalue weighted by atomic mass is 10.1. The summed E-state index contributed by atoms with van der Waals surface area (Å²) in [7, 11) is 0. The Kier molecular flexibility index (Phi) is 5.43. The summed E-state index contributed by atoms with van der Waals surface area (Å²) in [5.74, 6) is 0. The number of hydrogen-bond donors (Lipinski definition) is 1. The fourth-order valence-electron chi connectivity index (χ4n) is 2.93. The van der Waals surface area contributed by atoms with Crippen LogP contribution < -0.4 is 5.32 Å². The molecule has 0 aliphatic carbocycles. The maximum Gasteiger partial charge on any atom is 0.321 e. The molecule has 1 aromatic heterocycles. The number of hydrogen-bond acceptors (Lipinski definition) is 3. The fourth-order valence-corrected chi connectivity index (χ4v) is 2.93. The SMILES string of the molecule is CCc1cccc(NC(=O)N2CCN(Cc3ccncc3)CC2)c1. The van der Waals surface area contributed by atoms with Crippen LogP contribution in [0, 0.1) is 0 Å². The van der Waals surface area contributed by atoms with E-state index in [1.165, 1.54) is 11.1 Å². The molecule has 1 aliphatic rings. The number of carbonyl (C=O) groups is 1. The standard InChI is InChI=1S/C19H24N4O/c1-2-16-4-3-5-18(14-16)21-19(24)23-12-10-22(11-13-23)15-17-6-8-20-9-7-17/h3-9,14H,2,10-13,15H2,1H3,(H,21,24). The van der Waals surface area contributed by atoms with Gasteiger partial charge in [-0.1, -0.05) is 19.1 Å². The molecule has 0 atom stereocenters. The van der Waals surface area contributed by atoms with E-state index in [0.717, 1.165) is 44.8 Å². The number of benzene rings is 1. The average Bonchev–Trinajstić information content (AvgIpc) is 2.63. The lowest BCUT2D eigenvalue weighted by Crippen LogP contribution is -2.49. The van der Waals surface area contributed by atoms with Crippen LogP contribution in [0.25, 0.3) is 0 Å². The summed E-state index contributed by atoms with van der Waals surface area (Å²) >= 11 is 0. The van der Waals surface area contributed by atoms with Crippen molar-refractivity contribution < 1.29 is 4.79 Å². The zero-order valence-electron chi connectivity index (χ0n) is 14.1. The predicted molar refractivity (Wildman–Crippen MR) is 95.9 cm³/mol. The number of anilines is 1. The van der Waals surface area contributed by atoms with E-state index in [2.05, 4.69) is 28.2 Å². The molecule has 1 aliphatic heterocycles. The molecule has 2 heterocycles. The first-order valence-corrected chi connectivity index (χ1v) is 8.50. The monoisotopic (exact) mass is 324 g/mol. The maximum absolute atomic E-state index is 12.4. The van der Waals surface area contributed by atoms with E-state index in [9.17, 15) is 4.79 Å². The van der Waals surface area contributed by atoms with Crippen molar-refractivity contribution in [2.75, 3.05) is 31.5 Å². The molecule has 3 rings (SSSR count). The van der Waals surface area contributed by atoms with Gasteiger partial charge in [0.1, 0.15) is 0 Å². The predicted octanol–water partition coefficient (Wildman–Crippen LogP) is 2.99. The number of rotatable bonds is 4. The van der Waals surface area contributed by atoms with Crippen LogP contribution in [-0.4, -0.2) is 47.0 Å². The van der Waals surface area contributed by atoms with E-state index in [1.54, 1.807) is 0 Å². The second-order valence-corrected chi connectivity index (χ2v) is 6.10. The van der Waals surface area contributed by atoms with Crippen LogP contribution in [0.2, 0.25) is 0 Å². The minimum Gasteiger partial charge on any atom is -0.322 e. The van der Waals surface area contributed by atoms with Crippen LogP contribution in [0.4, 0.5) is 10.5 Å². The third-order valence-corrected chi connectivity index (χ3v) is 4.40. The number of amides is 2. The van der Waals surface area contributed by atoms with E-state index in [-0.39, 0.29) is 6.03 Å². The first-order chi connectivity index (χ1) is 11.7. The van der Waals surface area contributed by atoms with Crippen molar-refractivity contribution in [3.63, 3.8) is 0 Å². The average molecular weight is 324 g/mol. The Morgan fingerprint density at radius 2 is 1.83 bits per heavy atom. The molecule has 0 radical (unpaired) electrons. The normalized spacial score (nSPS) is 15.3. The van der Waals surface area contributed by atoms with E-state index in [4.69, 9.17) is 0 Å². The van der Waals surface area contributed by atoms with Crippen LogP contribution in [-0.2, 0) is 13.0 Å². The van der Waals surface area contributed by atoms with Crippen LogP contribution >= 0.6 is 0 Å². The van der Waals surface area contributed by atoms with Gasteiger partial charge in [0.05, 0.1) is 0 Å². The van der Waals surface area contributed by atoms with Crippen LogP contribution in [0.5, 0.6) is 0 Å². The molecule has 126 valence electrons. The second kappa shape index (κ2) is 7.93. The van der Waals surface area contributed by atoms with Crippen molar-refractivity contribution in [3.05, 3.63) is 59.9 Å². The van der Waals surface area contributed by atoms with Crippen molar-refractivity contribution in [1.82, 2.24) is 14.8 Å². The highest BCUT2D eigenvalue weighted by Gasteiger charge is 2.21. The molecule has 2 amide bonds. The number of pyridine rings is 1. The number of piperazine rings is 1. The van der Waals surface area contributed by atoms with Gasteiger partial charge in [-0.2, -0.15) is 0 Å². The van der Waals surface area contributed by atoms with E-state index in [1.807, 2.05) is 47.6 Å². The van der Waals surface area contributed by atoms with Crippen molar-refractivity contribution in [1.29, 1.82) is 0 Å². The summed E-state index contributed by atoms with van der Waals surface area (Å²) in [6.07, 6.45) is 4.62. The van der Waals surface area contributed by atoms with Gasteiger partial charge in [0.2, 0.25) is 0 Å². The quantitative estimate of drug-likeness (QED) is 0.940. The van der Waals surface area contributed by atoms with E-state index >= 15 is 0 Å². The van der Waals surface area contributed by atoms with Gasteiger partial charge < -0.3 is 10.2 Å². The van der Waals surface area contributed by atoms with Gasteiger partial charge in [0.25, 0.3) is 0 Å². The Labute approximate surface area is 143 Å². The van der Waals surface area contributed by atoms with Gasteiger partial charge in [-0.25, -0.2) is 4.79 Å². The Balaban J connectivity index is 1.49. The molecule has 1 aromatic carbocycles. The molecule has 5 heteroatoms. The molecule has 0 saturated carbocycles.